The Labute approximate surface area is 188 Å². The fourth-order valence-corrected chi connectivity index (χ4v) is 3.76. The van der Waals surface area contributed by atoms with Crippen molar-refractivity contribution in [3.8, 4) is 11.5 Å². The lowest BCUT2D eigenvalue weighted by atomic mass is 10.1. The van der Waals surface area contributed by atoms with E-state index >= 15 is 0 Å². The average Bonchev–Trinajstić information content (AvgIpc) is 3.55. The van der Waals surface area contributed by atoms with Crippen LogP contribution in [0.3, 0.4) is 0 Å². The topological polar surface area (TPSA) is 115 Å². The summed E-state index contributed by atoms with van der Waals surface area (Å²) in [6.45, 7) is 5.75. The molecule has 1 aromatic carbocycles. The first-order valence-corrected chi connectivity index (χ1v) is 10.4. The van der Waals surface area contributed by atoms with Gasteiger partial charge in [0.25, 0.3) is 5.91 Å². The number of aryl methyl sites for hydroxylation is 1. The molecule has 4 aromatic heterocycles. The van der Waals surface area contributed by atoms with Crippen molar-refractivity contribution in [3.05, 3.63) is 71.8 Å². The summed E-state index contributed by atoms with van der Waals surface area (Å²) in [5, 5.41) is 5.78. The van der Waals surface area contributed by atoms with Gasteiger partial charge in [0.05, 0.1) is 23.4 Å². The third kappa shape index (κ3) is 3.53. The second kappa shape index (κ2) is 7.94. The van der Waals surface area contributed by atoms with Crippen LogP contribution in [0.4, 0.5) is 0 Å². The van der Waals surface area contributed by atoms with Gasteiger partial charge in [-0.25, -0.2) is 9.67 Å². The van der Waals surface area contributed by atoms with Crippen molar-refractivity contribution in [2.75, 3.05) is 0 Å². The van der Waals surface area contributed by atoms with Gasteiger partial charge in [-0.15, -0.1) is 0 Å². The molecule has 0 aliphatic heterocycles. The highest BCUT2D eigenvalue weighted by atomic mass is 16.3. The Morgan fingerprint density at radius 3 is 2.55 bits per heavy atom. The molecule has 0 spiro atoms. The van der Waals surface area contributed by atoms with Crippen LogP contribution in [-0.4, -0.2) is 26.6 Å². The zero-order chi connectivity index (χ0) is 23.1. The van der Waals surface area contributed by atoms with Crippen LogP contribution >= 0.6 is 0 Å². The third-order valence-corrected chi connectivity index (χ3v) is 5.41. The van der Waals surface area contributed by atoms with Gasteiger partial charge < -0.3 is 8.83 Å². The molecule has 9 heteroatoms. The minimum atomic E-state index is -0.550. The largest absolute Gasteiger partial charge is 0.463 e. The summed E-state index contributed by atoms with van der Waals surface area (Å²) >= 11 is 0. The number of nitrogens with one attached hydrogen (secondary N) is 2. The highest BCUT2D eigenvalue weighted by Crippen LogP contribution is 2.27. The van der Waals surface area contributed by atoms with Crippen molar-refractivity contribution in [1.82, 2.24) is 25.6 Å². The first kappa shape index (κ1) is 20.5. The van der Waals surface area contributed by atoms with Crippen molar-refractivity contribution in [2.45, 2.75) is 26.8 Å². The lowest BCUT2D eigenvalue weighted by Gasteiger charge is -2.10. The molecule has 9 nitrogen and oxygen atoms in total. The Hall–Kier alpha value is -4.40. The minimum absolute atomic E-state index is 0.0357. The molecule has 0 radical (unpaired) electrons. The second-order valence-corrected chi connectivity index (χ2v) is 7.91. The number of para-hydroxylation sites is 1. The van der Waals surface area contributed by atoms with E-state index in [1.54, 1.807) is 42.1 Å². The number of nitrogens with zero attached hydrogens (tertiary/aromatic N) is 3. The monoisotopic (exact) mass is 443 g/mol. The third-order valence-electron chi connectivity index (χ3n) is 5.41. The van der Waals surface area contributed by atoms with Gasteiger partial charge in [-0.05, 0) is 45.0 Å². The number of hydrogen-bond donors (Lipinski definition) is 2. The van der Waals surface area contributed by atoms with Gasteiger partial charge in [0.15, 0.2) is 17.2 Å². The molecule has 0 atom stereocenters. The lowest BCUT2D eigenvalue weighted by Crippen LogP contribution is -2.41. The molecule has 5 rings (SSSR count). The maximum absolute atomic E-state index is 13.1. The highest BCUT2D eigenvalue weighted by molar-refractivity contribution is 6.07. The van der Waals surface area contributed by atoms with Crippen LogP contribution in [-0.2, 0) is 0 Å². The van der Waals surface area contributed by atoms with E-state index < -0.39 is 11.8 Å². The van der Waals surface area contributed by atoms with Crippen molar-refractivity contribution in [3.63, 3.8) is 0 Å². The fourth-order valence-electron chi connectivity index (χ4n) is 3.76. The van der Waals surface area contributed by atoms with Gasteiger partial charge in [0.1, 0.15) is 11.3 Å². The van der Waals surface area contributed by atoms with Crippen molar-refractivity contribution in [2.24, 2.45) is 0 Å². The molecule has 2 N–H and O–H groups in total. The molecule has 0 unspecified atom stereocenters. The van der Waals surface area contributed by atoms with Gasteiger partial charge >= 0.3 is 5.91 Å². The van der Waals surface area contributed by atoms with E-state index in [4.69, 9.17) is 8.83 Å². The summed E-state index contributed by atoms with van der Waals surface area (Å²) in [7, 11) is 0. The quantitative estimate of drug-likeness (QED) is 0.398. The van der Waals surface area contributed by atoms with E-state index in [0.29, 0.717) is 39.2 Å². The van der Waals surface area contributed by atoms with Crippen LogP contribution in [0, 0.1) is 6.92 Å². The van der Waals surface area contributed by atoms with Gasteiger partial charge in [0, 0.05) is 17.0 Å². The van der Waals surface area contributed by atoms with E-state index in [1.807, 2.05) is 32.0 Å². The molecule has 0 aliphatic rings. The van der Waals surface area contributed by atoms with Crippen LogP contribution < -0.4 is 10.9 Å². The first-order valence-electron chi connectivity index (χ1n) is 10.4. The summed E-state index contributed by atoms with van der Waals surface area (Å²) < 4.78 is 12.9. The molecule has 33 heavy (non-hydrogen) atoms. The Bertz CT molecular complexity index is 1490. The minimum Gasteiger partial charge on any atom is -0.463 e. The van der Waals surface area contributed by atoms with E-state index in [0.717, 1.165) is 5.39 Å². The first-order chi connectivity index (χ1) is 15.9. The number of hydrogen-bond acceptors (Lipinski definition) is 6. The molecule has 0 saturated heterocycles. The van der Waals surface area contributed by atoms with E-state index in [-0.39, 0.29) is 11.8 Å². The number of furan rings is 2. The molecule has 0 aliphatic carbocycles. The highest BCUT2D eigenvalue weighted by Gasteiger charge is 2.22. The van der Waals surface area contributed by atoms with Crippen LogP contribution in [0.5, 0.6) is 0 Å². The normalized spacial score (nSPS) is 11.4. The predicted octanol–water partition coefficient (Wildman–Crippen LogP) is 4.40. The second-order valence-electron chi connectivity index (χ2n) is 7.91. The number of pyridine rings is 1. The number of carbonyl (C=O) groups is 2. The molecular weight excluding hydrogens is 422 g/mol. The Morgan fingerprint density at radius 2 is 1.82 bits per heavy atom. The summed E-state index contributed by atoms with van der Waals surface area (Å²) in [5.74, 6) is -0.406. The fraction of sp³-hybridized carbons (Fsp3) is 0.167. The van der Waals surface area contributed by atoms with Crippen LogP contribution in [0.1, 0.15) is 46.4 Å². The number of benzene rings is 1. The number of carbonyl (C=O) groups excluding carboxylic acids is 2. The van der Waals surface area contributed by atoms with E-state index in [9.17, 15) is 9.59 Å². The number of aromatic nitrogens is 3. The number of hydrazine groups is 1. The zero-order valence-electron chi connectivity index (χ0n) is 18.2. The maximum atomic E-state index is 13.1. The summed E-state index contributed by atoms with van der Waals surface area (Å²) in [4.78, 5) is 30.5. The number of amides is 2. The molecule has 0 fully saturated rings. The van der Waals surface area contributed by atoms with Crippen LogP contribution in [0.25, 0.3) is 33.5 Å². The van der Waals surface area contributed by atoms with E-state index in [1.165, 1.54) is 6.26 Å². The van der Waals surface area contributed by atoms with Crippen molar-refractivity contribution < 1.29 is 18.4 Å². The molecule has 0 bridgehead atoms. The zero-order valence-corrected chi connectivity index (χ0v) is 18.2. The SMILES string of the molecule is Cc1c(C(=O)NNC(=O)c2cc(-c3ccco3)nc3c2cnn3C(C)C)oc2ccccc12. The Balaban J connectivity index is 1.46. The van der Waals surface area contributed by atoms with Gasteiger partial charge in [-0.3, -0.25) is 20.4 Å². The van der Waals surface area contributed by atoms with Crippen molar-refractivity contribution in [1.29, 1.82) is 0 Å². The van der Waals surface area contributed by atoms with Gasteiger partial charge in [0.2, 0.25) is 0 Å². The van der Waals surface area contributed by atoms with Gasteiger partial charge in [-0.1, -0.05) is 18.2 Å². The summed E-state index contributed by atoms with van der Waals surface area (Å²) in [6, 6.07) is 12.5. The number of rotatable bonds is 4. The Morgan fingerprint density at radius 1 is 1.03 bits per heavy atom. The lowest BCUT2D eigenvalue weighted by molar-refractivity contribution is 0.0832. The standard InChI is InChI=1S/C24H21N5O4/c1-13(2)29-22-17(12-25-29)16(11-18(26-22)20-9-6-10-32-20)23(30)27-28-24(31)21-14(3)15-7-4-5-8-19(15)33-21/h4-13H,1-3H3,(H,27,30)(H,28,31). The molecule has 166 valence electrons. The molecular formula is C24H21N5O4. The molecule has 0 saturated carbocycles. The van der Waals surface area contributed by atoms with E-state index in [2.05, 4.69) is 20.9 Å². The van der Waals surface area contributed by atoms with Crippen LogP contribution in [0.2, 0.25) is 0 Å². The van der Waals surface area contributed by atoms with Crippen molar-refractivity contribution >= 4 is 33.8 Å². The molecule has 4 heterocycles. The van der Waals surface area contributed by atoms with Crippen LogP contribution in [0.15, 0.2) is 63.8 Å². The number of fused-ring (bicyclic) bond motifs is 2. The smallest absolute Gasteiger partial charge is 0.305 e. The summed E-state index contributed by atoms with van der Waals surface area (Å²) in [5.41, 5.74) is 7.56. The molecule has 5 aromatic rings. The summed E-state index contributed by atoms with van der Waals surface area (Å²) in [6.07, 6.45) is 3.13. The van der Waals surface area contributed by atoms with Gasteiger partial charge in [-0.2, -0.15) is 5.10 Å². The maximum Gasteiger partial charge on any atom is 0.305 e. The molecule has 2 amide bonds. The predicted molar refractivity (Wildman–Crippen MR) is 121 cm³/mol. The average molecular weight is 443 g/mol. The Kier molecular flexibility index (Phi) is 4.93.